The third kappa shape index (κ3) is 5.73. The summed E-state index contributed by atoms with van der Waals surface area (Å²) in [6.07, 6.45) is 1.14. The number of hydrogen-bond donors (Lipinski definition) is 3. The smallest absolute Gasteiger partial charge is 0.243 e. The third-order valence-electron chi connectivity index (χ3n) is 5.17. The van der Waals surface area contributed by atoms with Gasteiger partial charge in [-0.1, -0.05) is 66.7 Å². The number of rotatable bonds is 8. The molecule has 0 spiro atoms. The molecule has 4 aromatic carbocycles. The largest absolute Gasteiger partial charge is 0.376 e. The first-order valence-corrected chi connectivity index (χ1v) is 10.6. The van der Waals surface area contributed by atoms with Gasteiger partial charge in [0.25, 0.3) is 0 Å². The van der Waals surface area contributed by atoms with Crippen molar-refractivity contribution in [3.63, 3.8) is 0 Å². The summed E-state index contributed by atoms with van der Waals surface area (Å²) in [6.45, 7) is 0.145. The van der Waals surface area contributed by atoms with Crippen molar-refractivity contribution in [3.05, 3.63) is 103 Å². The van der Waals surface area contributed by atoms with Crippen LogP contribution in [-0.4, -0.2) is 18.4 Å². The fraction of sp³-hybridized carbons (Fsp3) is 0.111. The summed E-state index contributed by atoms with van der Waals surface area (Å²) in [5, 5.41) is 11.1. The van der Waals surface area contributed by atoms with E-state index in [0.717, 1.165) is 33.4 Å². The molecule has 0 saturated heterocycles. The van der Waals surface area contributed by atoms with Crippen LogP contribution in [-0.2, 0) is 16.0 Å². The molecule has 4 rings (SSSR count). The zero-order chi connectivity index (χ0) is 22.2. The third-order valence-corrected chi connectivity index (χ3v) is 5.17. The van der Waals surface area contributed by atoms with Crippen molar-refractivity contribution in [1.82, 2.24) is 0 Å². The number of amides is 2. The number of benzene rings is 4. The quantitative estimate of drug-likeness (QED) is 0.352. The Bertz CT molecular complexity index is 1200. The van der Waals surface area contributed by atoms with Gasteiger partial charge in [-0.15, -0.1) is 0 Å². The zero-order valence-electron chi connectivity index (χ0n) is 17.7. The highest BCUT2D eigenvalue weighted by Gasteiger charge is 2.07. The van der Waals surface area contributed by atoms with E-state index in [4.69, 9.17) is 0 Å². The molecule has 0 radical (unpaired) electrons. The topological polar surface area (TPSA) is 70.2 Å². The summed E-state index contributed by atoms with van der Waals surface area (Å²) < 4.78 is 0. The van der Waals surface area contributed by atoms with Crippen LogP contribution in [0.15, 0.2) is 97.1 Å². The lowest BCUT2D eigenvalue weighted by molar-refractivity contribution is -0.116. The van der Waals surface area contributed by atoms with Gasteiger partial charge in [0.1, 0.15) is 0 Å². The van der Waals surface area contributed by atoms with Crippen molar-refractivity contribution in [2.45, 2.75) is 12.8 Å². The van der Waals surface area contributed by atoms with Gasteiger partial charge in [0.05, 0.1) is 6.54 Å². The zero-order valence-corrected chi connectivity index (χ0v) is 17.7. The van der Waals surface area contributed by atoms with Crippen LogP contribution in [0.25, 0.3) is 10.8 Å². The van der Waals surface area contributed by atoms with E-state index >= 15 is 0 Å². The molecule has 5 heteroatoms. The maximum absolute atomic E-state index is 12.4. The molecule has 3 N–H and O–H groups in total. The Kier molecular flexibility index (Phi) is 6.78. The fourth-order valence-electron chi connectivity index (χ4n) is 3.51. The van der Waals surface area contributed by atoms with Crippen LogP contribution < -0.4 is 16.0 Å². The molecule has 160 valence electrons. The van der Waals surface area contributed by atoms with Crippen LogP contribution in [0.1, 0.15) is 12.0 Å². The van der Waals surface area contributed by atoms with Crippen LogP contribution in [0.4, 0.5) is 17.1 Å². The van der Waals surface area contributed by atoms with Gasteiger partial charge in [-0.05, 0) is 47.7 Å². The summed E-state index contributed by atoms with van der Waals surface area (Å²) in [5.74, 6) is -0.149. The van der Waals surface area contributed by atoms with Gasteiger partial charge in [-0.25, -0.2) is 0 Å². The number of hydrogen-bond acceptors (Lipinski definition) is 3. The Balaban J connectivity index is 1.25. The summed E-state index contributed by atoms with van der Waals surface area (Å²) in [7, 11) is 0. The molecule has 0 aliphatic carbocycles. The van der Waals surface area contributed by atoms with E-state index in [9.17, 15) is 9.59 Å². The van der Waals surface area contributed by atoms with Crippen LogP contribution in [0.3, 0.4) is 0 Å². The van der Waals surface area contributed by atoms with E-state index in [-0.39, 0.29) is 18.4 Å². The number of nitrogens with one attached hydrogen (secondary N) is 3. The molecule has 32 heavy (non-hydrogen) atoms. The maximum Gasteiger partial charge on any atom is 0.243 e. The first kappa shape index (κ1) is 21.1. The molecule has 4 aromatic rings. The molecule has 0 aromatic heterocycles. The second-order valence-electron chi connectivity index (χ2n) is 7.54. The molecule has 0 aliphatic rings. The van der Waals surface area contributed by atoms with Gasteiger partial charge in [-0.3, -0.25) is 9.59 Å². The van der Waals surface area contributed by atoms with Crippen molar-refractivity contribution in [1.29, 1.82) is 0 Å². The standard InChI is InChI=1S/C27H25N3O2/c31-26(18-13-20-7-2-1-3-8-20)29-23-16-14-22(15-17-23)28-19-27(32)30-25-12-6-10-21-9-4-5-11-24(21)25/h1-12,14-17,28H,13,18-19H2,(H,29,31)(H,30,32). The molecular formula is C27H25N3O2. The van der Waals surface area contributed by atoms with Crippen molar-refractivity contribution in [3.8, 4) is 0 Å². The second kappa shape index (κ2) is 10.3. The van der Waals surface area contributed by atoms with E-state index < -0.39 is 0 Å². The van der Waals surface area contributed by atoms with Gasteiger partial charge < -0.3 is 16.0 Å². The molecule has 5 nitrogen and oxygen atoms in total. The van der Waals surface area contributed by atoms with Crippen molar-refractivity contribution < 1.29 is 9.59 Å². The van der Waals surface area contributed by atoms with Crippen molar-refractivity contribution in [2.75, 3.05) is 22.5 Å². The van der Waals surface area contributed by atoms with E-state index in [1.807, 2.05) is 97.1 Å². The van der Waals surface area contributed by atoms with Gasteiger partial charge in [0, 0.05) is 28.9 Å². The number of aryl methyl sites for hydroxylation is 1. The highest BCUT2D eigenvalue weighted by molar-refractivity contribution is 6.03. The lowest BCUT2D eigenvalue weighted by Gasteiger charge is -2.11. The summed E-state index contributed by atoms with van der Waals surface area (Å²) >= 11 is 0. The predicted octanol–water partition coefficient (Wildman–Crippen LogP) is 5.46. The van der Waals surface area contributed by atoms with Gasteiger partial charge in [0.2, 0.25) is 11.8 Å². The number of carbonyl (C=O) groups excluding carboxylic acids is 2. The number of carbonyl (C=O) groups is 2. The Morgan fingerprint density at radius 2 is 1.31 bits per heavy atom. The normalized spacial score (nSPS) is 10.5. The maximum atomic E-state index is 12.4. The number of anilines is 3. The first-order valence-electron chi connectivity index (χ1n) is 10.6. The lowest BCUT2D eigenvalue weighted by Crippen LogP contribution is -2.21. The van der Waals surface area contributed by atoms with Crippen LogP contribution in [0.2, 0.25) is 0 Å². The fourth-order valence-corrected chi connectivity index (χ4v) is 3.51. The van der Waals surface area contributed by atoms with Gasteiger partial charge in [-0.2, -0.15) is 0 Å². The van der Waals surface area contributed by atoms with Crippen LogP contribution in [0, 0.1) is 0 Å². The van der Waals surface area contributed by atoms with Crippen molar-refractivity contribution in [2.24, 2.45) is 0 Å². The SMILES string of the molecule is O=C(CCc1ccccc1)Nc1ccc(NCC(=O)Nc2cccc3ccccc23)cc1. The van der Waals surface area contributed by atoms with E-state index in [2.05, 4.69) is 16.0 Å². The minimum atomic E-state index is -0.125. The Hall–Kier alpha value is -4.12. The average Bonchev–Trinajstić information content (AvgIpc) is 2.83. The molecule has 0 unspecified atom stereocenters. The minimum Gasteiger partial charge on any atom is -0.376 e. The Labute approximate surface area is 187 Å². The molecule has 0 aliphatic heterocycles. The molecule has 0 heterocycles. The molecule has 0 bridgehead atoms. The lowest BCUT2D eigenvalue weighted by atomic mass is 10.1. The van der Waals surface area contributed by atoms with Crippen LogP contribution in [0.5, 0.6) is 0 Å². The highest BCUT2D eigenvalue weighted by atomic mass is 16.2. The van der Waals surface area contributed by atoms with Gasteiger partial charge >= 0.3 is 0 Å². The minimum absolute atomic E-state index is 0.0240. The molecule has 0 atom stereocenters. The Morgan fingerprint density at radius 1 is 0.625 bits per heavy atom. The average molecular weight is 424 g/mol. The van der Waals surface area contributed by atoms with Crippen molar-refractivity contribution >= 4 is 39.6 Å². The molecule has 0 fully saturated rings. The molecule has 2 amide bonds. The summed E-state index contributed by atoms with van der Waals surface area (Å²) in [6, 6.07) is 31.1. The Morgan fingerprint density at radius 3 is 2.12 bits per heavy atom. The summed E-state index contributed by atoms with van der Waals surface area (Å²) in [5.41, 5.74) is 3.47. The van der Waals surface area contributed by atoms with Gasteiger partial charge in [0.15, 0.2) is 0 Å². The number of fused-ring (bicyclic) bond motifs is 1. The predicted molar refractivity (Wildman–Crippen MR) is 131 cm³/mol. The monoisotopic (exact) mass is 423 g/mol. The second-order valence-corrected chi connectivity index (χ2v) is 7.54. The molecule has 0 saturated carbocycles. The van der Waals surface area contributed by atoms with E-state index in [1.54, 1.807) is 0 Å². The first-order chi connectivity index (χ1) is 15.7. The highest BCUT2D eigenvalue weighted by Crippen LogP contribution is 2.23. The summed E-state index contributed by atoms with van der Waals surface area (Å²) in [4.78, 5) is 24.6. The van der Waals surface area contributed by atoms with Crippen LogP contribution >= 0.6 is 0 Å². The van der Waals surface area contributed by atoms with E-state index in [0.29, 0.717) is 12.8 Å². The van der Waals surface area contributed by atoms with E-state index in [1.165, 1.54) is 0 Å². The molecular weight excluding hydrogens is 398 g/mol.